The largest absolute Gasteiger partial charge is 0.352 e. The van der Waals surface area contributed by atoms with Crippen LogP contribution in [0.2, 0.25) is 0 Å². The van der Waals surface area contributed by atoms with Crippen LogP contribution >= 0.6 is 0 Å². The molecule has 1 aliphatic heterocycles. The van der Waals surface area contributed by atoms with E-state index < -0.39 is 0 Å². The zero-order chi connectivity index (χ0) is 10.3. The highest BCUT2D eigenvalue weighted by Crippen LogP contribution is 2.24. The van der Waals surface area contributed by atoms with Gasteiger partial charge in [-0.25, -0.2) is 0 Å². The second-order valence-electron chi connectivity index (χ2n) is 3.98. The number of hydrogen-bond donors (Lipinski definition) is 1. The Kier molecular flexibility index (Phi) is 2.06. The van der Waals surface area contributed by atoms with Gasteiger partial charge >= 0.3 is 0 Å². The molecule has 0 bridgehead atoms. The van der Waals surface area contributed by atoms with Crippen LogP contribution in [0.3, 0.4) is 0 Å². The van der Waals surface area contributed by atoms with Crippen LogP contribution in [0.1, 0.15) is 32.6 Å². The molecule has 2 heteroatoms. The lowest BCUT2D eigenvalue weighted by molar-refractivity contribution is 0.0945. The van der Waals surface area contributed by atoms with E-state index >= 15 is 0 Å². The number of aryl methyl sites for hydroxylation is 1. The van der Waals surface area contributed by atoms with Gasteiger partial charge in [-0.3, -0.25) is 4.79 Å². The number of amides is 1. The van der Waals surface area contributed by atoms with Gasteiger partial charge in [-0.1, -0.05) is 6.07 Å². The maximum Gasteiger partial charge on any atom is 0.251 e. The van der Waals surface area contributed by atoms with Crippen LogP contribution in [0.5, 0.6) is 0 Å². The molecule has 2 rings (SSSR count). The molecule has 1 N–H and O–H groups in total. The summed E-state index contributed by atoms with van der Waals surface area (Å²) < 4.78 is 0. The molecule has 0 fully saturated rings. The first-order valence-corrected chi connectivity index (χ1v) is 4.99. The molecule has 2 nitrogen and oxygen atoms in total. The van der Waals surface area contributed by atoms with Crippen molar-refractivity contribution in [1.82, 2.24) is 5.32 Å². The standard InChI is InChI=1S/C12H15NO/c1-7-6-10-4-5-13-12(14)11(10)9(3)8(7)2/h6H,4-5H2,1-3H3,(H,13,14). The fraction of sp³-hybridized carbons (Fsp3) is 0.417. The van der Waals surface area contributed by atoms with Crippen LogP contribution in [-0.2, 0) is 6.42 Å². The Morgan fingerprint density at radius 1 is 1.21 bits per heavy atom. The molecule has 0 saturated heterocycles. The lowest BCUT2D eigenvalue weighted by Gasteiger charge is -2.21. The summed E-state index contributed by atoms with van der Waals surface area (Å²) in [7, 11) is 0. The molecule has 14 heavy (non-hydrogen) atoms. The minimum absolute atomic E-state index is 0.0897. The Morgan fingerprint density at radius 3 is 2.64 bits per heavy atom. The molecule has 74 valence electrons. The van der Waals surface area contributed by atoms with Crippen LogP contribution < -0.4 is 5.32 Å². The third-order valence-corrected chi connectivity index (χ3v) is 3.15. The highest BCUT2D eigenvalue weighted by Gasteiger charge is 2.20. The minimum atomic E-state index is 0.0897. The monoisotopic (exact) mass is 189 g/mol. The SMILES string of the molecule is Cc1cc2c(c(C)c1C)C(=O)NCC2. The van der Waals surface area contributed by atoms with Crippen molar-refractivity contribution in [3.05, 3.63) is 33.9 Å². The van der Waals surface area contributed by atoms with E-state index in [1.165, 1.54) is 16.7 Å². The summed E-state index contributed by atoms with van der Waals surface area (Å²) in [6, 6.07) is 2.15. The Hall–Kier alpha value is -1.31. The highest BCUT2D eigenvalue weighted by atomic mass is 16.1. The molecular weight excluding hydrogens is 174 g/mol. The van der Waals surface area contributed by atoms with Gasteiger partial charge in [0.05, 0.1) is 0 Å². The van der Waals surface area contributed by atoms with Crippen LogP contribution in [0.25, 0.3) is 0 Å². The molecule has 1 heterocycles. The number of hydrogen-bond acceptors (Lipinski definition) is 1. The Balaban J connectivity index is 2.70. The van der Waals surface area contributed by atoms with E-state index in [1.54, 1.807) is 0 Å². The number of carbonyl (C=O) groups excluding carboxylic acids is 1. The molecule has 0 aromatic heterocycles. The minimum Gasteiger partial charge on any atom is -0.352 e. The van der Waals surface area contributed by atoms with Gasteiger partial charge < -0.3 is 5.32 Å². The quantitative estimate of drug-likeness (QED) is 0.663. The number of nitrogens with one attached hydrogen (secondary N) is 1. The van der Waals surface area contributed by atoms with Crippen LogP contribution in [0, 0.1) is 20.8 Å². The van der Waals surface area contributed by atoms with Gasteiger partial charge in [0.2, 0.25) is 0 Å². The molecule has 1 aromatic carbocycles. The predicted octanol–water partition coefficient (Wildman–Crippen LogP) is 1.90. The molecule has 1 aromatic rings. The smallest absolute Gasteiger partial charge is 0.251 e. The number of benzene rings is 1. The first-order chi connectivity index (χ1) is 6.61. The van der Waals surface area contributed by atoms with Crippen LogP contribution in [-0.4, -0.2) is 12.5 Å². The number of carbonyl (C=O) groups is 1. The molecule has 1 amide bonds. The van der Waals surface area contributed by atoms with Crippen molar-refractivity contribution in [2.24, 2.45) is 0 Å². The average molecular weight is 189 g/mol. The first kappa shape index (κ1) is 9.25. The second kappa shape index (κ2) is 3.12. The third kappa shape index (κ3) is 1.22. The second-order valence-corrected chi connectivity index (χ2v) is 3.98. The fourth-order valence-electron chi connectivity index (χ4n) is 2.08. The fourth-order valence-corrected chi connectivity index (χ4v) is 2.08. The van der Waals surface area contributed by atoms with E-state index in [9.17, 15) is 4.79 Å². The van der Waals surface area contributed by atoms with E-state index in [4.69, 9.17) is 0 Å². The molecule has 0 radical (unpaired) electrons. The van der Waals surface area contributed by atoms with Gasteiger partial charge in [0, 0.05) is 12.1 Å². The number of rotatable bonds is 0. The van der Waals surface area contributed by atoms with Crippen LogP contribution in [0.4, 0.5) is 0 Å². The summed E-state index contributed by atoms with van der Waals surface area (Å²) in [5.41, 5.74) is 5.77. The number of fused-ring (bicyclic) bond motifs is 1. The highest BCUT2D eigenvalue weighted by molar-refractivity contribution is 5.98. The molecule has 0 saturated carbocycles. The zero-order valence-corrected chi connectivity index (χ0v) is 8.90. The summed E-state index contributed by atoms with van der Waals surface area (Å²) in [6.45, 7) is 6.99. The Bertz CT molecular complexity index is 407. The van der Waals surface area contributed by atoms with Gasteiger partial charge in [-0.15, -0.1) is 0 Å². The van der Waals surface area contributed by atoms with Crippen molar-refractivity contribution in [2.75, 3.05) is 6.54 Å². The van der Waals surface area contributed by atoms with E-state index in [1.807, 2.05) is 6.92 Å². The normalized spacial score (nSPS) is 14.9. The third-order valence-electron chi connectivity index (χ3n) is 3.15. The van der Waals surface area contributed by atoms with E-state index in [2.05, 4.69) is 25.2 Å². The van der Waals surface area contributed by atoms with E-state index in [0.717, 1.165) is 24.1 Å². The summed E-state index contributed by atoms with van der Waals surface area (Å²) in [4.78, 5) is 11.7. The lowest BCUT2D eigenvalue weighted by atomic mass is 9.90. The summed E-state index contributed by atoms with van der Waals surface area (Å²) >= 11 is 0. The van der Waals surface area contributed by atoms with Gasteiger partial charge in [0.15, 0.2) is 0 Å². The summed E-state index contributed by atoms with van der Waals surface area (Å²) in [5.74, 6) is 0.0897. The summed E-state index contributed by atoms with van der Waals surface area (Å²) in [6.07, 6.45) is 0.961. The molecule has 0 aliphatic carbocycles. The van der Waals surface area contributed by atoms with Crippen molar-refractivity contribution < 1.29 is 4.79 Å². The molecule has 0 atom stereocenters. The molecule has 0 spiro atoms. The lowest BCUT2D eigenvalue weighted by Crippen LogP contribution is -2.32. The van der Waals surface area contributed by atoms with Crippen LogP contribution in [0.15, 0.2) is 6.07 Å². The Morgan fingerprint density at radius 2 is 1.93 bits per heavy atom. The topological polar surface area (TPSA) is 29.1 Å². The van der Waals surface area contributed by atoms with Crippen molar-refractivity contribution in [3.63, 3.8) is 0 Å². The van der Waals surface area contributed by atoms with E-state index in [-0.39, 0.29) is 5.91 Å². The zero-order valence-electron chi connectivity index (χ0n) is 8.90. The van der Waals surface area contributed by atoms with Gasteiger partial charge in [-0.05, 0) is 49.4 Å². The van der Waals surface area contributed by atoms with E-state index in [0.29, 0.717) is 0 Å². The van der Waals surface area contributed by atoms with Crippen molar-refractivity contribution in [1.29, 1.82) is 0 Å². The molecular formula is C12H15NO. The first-order valence-electron chi connectivity index (χ1n) is 4.99. The Labute approximate surface area is 84.3 Å². The van der Waals surface area contributed by atoms with Gasteiger partial charge in [-0.2, -0.15) is 0 Å². The van der Waals surface area contributed by atoms with Gasteiger partial charge in [0.25, 0.3) is 5.91 Å². The van der Waals surface area contributed by atoms with Crippen molar-refractivity contribution in [2.45, 2.75) is 27.2 Å². The molecule has 0 unspecified atom stereocenters. The maximum absolute atomic E-state index is 11.7. The molecule has 1 aliphatic rings. The predicted molar refractivity (Wildman–Crippen MR) is 56.7 cm³/mol. The van der Waals surface area contributed by atoms with Gasteiger partial charge in [0.1, 0.15) is 0 Å². The van der Waals surface area contributed by atoms with Crippen molar-refractivity contribution in [3.8, 4) is 0 Å². The maximum atomic E-state index is 11.7. The summed E-state index contributed by atoms with van der Waals surface area (Å²) in [5, 5.41) is 2.89. The van der Waals surface area contributed by atoms with Crippen molar-refractivity contribution >= 4 is 5.91 Å². The average Bonchev–Trinajstić information content (AvgIpc) is 2.14.